The number of thioether (sulfide) groups is 1. The van der Waals surface area contributed by atoms with Crippen LogP contribution < -0.4 is 9.86 Å². The number of carbonyl (C=O) groups is 1. The number of hydrogen-bond acceptors (Lipinski definition) is 7. The van der Waals surface area contributed by atoms with Gasteiger partial charge in [-0.05, 0) is 96.8 Å². The van der Waals surface area contributed by atoms with E-state index in [0.717, 1.165) is 59.6 Å². The van der Waals surface area contributed by atoms with E-state index in [9.17, 15) is 21.6 Å². The van der Waals surface area contributed by atoms with Crippen LogP contribution in [-0.4, -0.2) is 39.9 Å². The van der Waals surface area contributed by atoms with Gasteiger partial charge in [0.05, 0.1) is 9.79 Å². The van der Waals surface area contributed by atoms with Gasteiger partial charge in [0.25, 0.3) is 15.9 Å². The Bertz CT molecular complexity index is 1890. The lowest BCUT2D eigenvalue weighted by atomic mass is 9.82. The molecule has 5 rings (SSSR count). The van der Waals surface area contributed by atoms with E-state index in [4.69, 9.17) is 5.14 Å². The van der Waals surface area contributed by atoms with Crippen LogP contribution in [0.1, 0.15) is 58.6 Å². The quantitative estimate of drug-likeness (QED) is 0.122. The predicted molar refractivity (Wildman–Crippen MR) is 187 cm³/mol. The summed E-state index contributed by atoms with van der Waals surface area (Å²) in [5.41, 5.74) is 4.53. The molecule has 4 aromatic rings. The van der Waals surface area contributed by atoms with E-state index in [1.165, 1.54) is 29.8 Å². The molecule has 1 amide bonds. The summed E-state index contributed by atoms with van der Waals surface area (Å²) < 4.78 is 51.8. The monoisotopic (exact) mass is 689 g/mol. The Labute approximate surface area is 282 Å². The van der Waals surface area contributed by atoms with Crippen LogP contribution in [0.15, 0.2) is 130 Å². The predicted octanol–water partition coefficient (Wildman–Crippen LogP) is 6.46. The minimum atomic E-state index is -4.08. The fourth-order valence-electron chi connectivity index (χ4n) is 5.60. The lowest BCUT2D eigenvalue weighted by Gasteiger charge is -2.23. The highest BCUT2D eigenvalue weighted by Gasteiger charge is 2.21. The Kier molecular flexibility index (Phi) is 11.4. The number of sulfonamides is 2. The first kappa shape index (κ1) is 34.6. The lowest BCUT2D eigenvalue weighted by molar-refractivity contribution is 0.0981. The molecule has 0 bridgehead atoms. The maximum atomic E-state index is 13.1. The van der Waals surface area contributed by atoms with Crippen molar-refractivity contribution in [3.8, 4) is 0 Å². The third-order valence-corrected chi connectivity index (χ3v) is 11.5. The van der Waals surface area contributed by atoms with E-state index in [1.807, 2.05) is 30.3 Å². The molecule has 0 aliphatic heterocycles. The van der Waals surface area contributed by atoms with Gasteiger partial charge in [0.1, 0.15) is 0 Å². The number of amides is 1. The molecular formula is C36H39N3O5S3. The molecule has 11 heteroatoms. The largest absolute Gasteiger partial charge is 0.294 e. The number of carbonyl (C=O) groups excluding carboxylic acids is 1. The van der Waals surface area contributed by atoms with Crippen LogP contribution in [0.4, 0.5) is 0 Å². The number of nitrogens with two attached hydrogens (primary N) is 1. The average Bonchev–Trinajstić information content (AvgIpc) is 3.05. The summed E-state index contributed by atoms with van der Waals surface area (Å²) >= 11 is 1.73. The van der Waals surface area contributed by atoms with Gasteiger partial charge in [-0.3, -0.25) is 9.69 Å². The molecule has 0 atom stereocenters. The summed E-state index contributed by atoms with van der Waals surface area (Å²) in [7, 11) is -7.87. The Morgan fingerprint density at radius 1 is 0.787 bits per heavy atom. The highest BCUT2D eigenvalue weighted by Crippen LogP contribution is 2.34. The lowest BCUT2D eigenvalue weighted by Crippen LogP contribution is -2.30. The first-order valence-corrected chi connectivity index (χ1v) is 19.4. The molecule has 0 unspecified atom stereocenters. The molecule has 4 aromatic carbocycles. The number of rotatable bonds is 13. The molecule has 0 spiro atoms. The van der Waals surface area contributed by atoms with Gasteiger partial charge < -0.3 is 0 Å². The average molecular weight is 690 g/mol. The maximum absolute atomic E-state index is 13.1. The van der Waals surface area contributed by atoms with Crippen molar-refractivity contribution in [2.75, 3.05) is 12.3 Å². The van der Waals surface area contributed by atoms with Gasteiger partial charge in [-0.25, -0.2) is 26.7 Å². The van der Waals surface area contributed by atoms with Gasteiger partial charge in [0, 0.05) is 35.8 Å². The molecule has 3 N–H and O–H groups in total. The van der Waals surface area contributed by atoms with Crippen molar-refractivity contribution in [1.82, 2.24) is 9.62 Å². The number of hydrogen-bond donors (Lipinski definition) is 2. The first-order valence-electron chi connectivity index (χ1n) is 15.4. The SMILES string of the molecule is C=C1CCC(c2ccc(C(=O)NS(=O)(=O)c3ccc(CN(CCSc4ccccc4)Cc4ccc(S(N)(=O)=O)cc4)cc3)cc2)CC1. The van der Waals surface area contributed by atoms with Crippen molar-refractivity contribution < 1.29 is 21.6 Å². The van der Waals surface area contributed by atoms with Crippen LogP contribution >= 0.6 is 11.8 Å². The Balaban J connectivity index is 1.22. The number of primary sulfonamides is 1. The van der Waals surface area contributed by atoms with Gasteiger partial charge in [-0.15, -0.1) is 11.8 Å². The summed E-state index contributed by atoms with van der Waals surface area (Å²) in [5.74, 6) is 0.567. The molecule has 1 saturated carbocycles. The normalized spacial score (nSPS) is 14.3. The van der Waals surface area contributed by atoms with Gasteiger partial charge in [0.15, 0.2) is 0 Å². The molecule has 0 saturated heterocycles. The fraction of sp³-hybridized carbons (Fsp3) is 0.250. The molecule has 1 fully saturated rings. The number of allylic oxidation sites excluding steroid dienone is 1. The van der Waals surface area contributed by atoms with E-state index in [-0.39, 0.29) is 15.4 Å². The van der Waals surface area contributed by atoms with E-state index in [1.54, 1.807) is 48.2 Å². The van der Waals surface area contributed by atoms with Crippen LogP contribution in [0.25, 0.3) is 0 Å². The van der Waals surface area contributed by atoms with Crippen molar-refractivity contribution in [3.63, 3.8) is 0 Å². The van der Waals surface area contributed by atoms with E-state index < -0.39 is 26.0 Å². The molecule has 1 aliphatic rings. The number of nitrogens with zero attached hydrogens (tertiary/aromatic N) is 1. The summed E-state index contributed by atoms with van der Waals surface area (Å²) in [5, 5.41) is 5.26. The zero-order chi connectivity index (χ0) is 33.4. The van der Waals surface area contributed by atoms with Crippen molar-refractivity contribution in [2.45, 2.75) is 59.4 Å². The second kappa shape index (κ2) is 15.4. The summed E-state index contributed by atoms with van der Waals surface area (Å²) in [6.45, 7) is 5.87. The highest BCUT2D eigenvalue weighted by molar-refractivity contribution is 7.99. The Hall–Kier alpha value is -3.74. The summed E-state index contributed by atoms with van der Waals surface area (Å²) in [4.78, 5) is 16.3. The zero-order valence-corrected chi connectivity index (χ0v) is 28.5. The number of benzene rings is 4. The third kappa shape index (κ3) is 9.88. The topological polar surface area (TPSA) is 127 Å². The number of nitrogens with one attached hydrogen (secondary N) is 1. The molecule has 0 heterocycles. The van der Waals surface area contributed by atoms with Crippen LogP contribution in [0.5, 0.6) is 0 Å². The van der Waals surface area contributed by atoms with Gasteiger partial charge in [-0.2, -0.15) is 0 Å². The zero-order valence-electron chi connectivity index (χ0n) is 26.0. The summed E-state index contributed by atoms with van der Waals surface area (Å²) in [6.07, 6.45) is 4.08. The van der Waals surface area contributed by atoms with Crippen molar-refractivity contribution in [2.24, 2.45) is 5.14 Å². The summed E-state index contributed by atoms with van der Waals surface area (Å²) in [6, 6.07) is 30.3. The molecule has 0 aromatic heterocycles. The minimum absolute atomic E-state index is 0.00146. The van der Waals surface area contributed by atoms with Gasteiger partial charge >= 0.3 is 0 Å². The first-order chi connectivity index (χ1) is 22.5. The van der Waals surface area contributed by atoms with Crippen LogP contribution in [0, 0.1) is 0 Å². The fourth-order valence-corrected chi connectivity index (χ4v) is 8.03. The highest BCUT2D eigenvalue weighted by atomic mass is 32.2. The van der Waals surface area contributed by atoms with E-state index >= 15 is 0 Å². The molecule has 8 nitrogen and oxygen atoms in total. The van der Waals surface area contributed by atoms with E-state index in [2.05, 4.69) is 28.3 Å². The molecule has 246 valence electrons. The molecule has 47 heavy (non-hydrogen) atoms. The molecule has 0 radical (unpaired) electrons. The smallest absolute Gasteiger partial charge is 0.264 e. The standard InChI is InChI=1S/C36H39N3O5S3/c1-27-7-13-30(14-8-27)31-15-17-32(18-16-31)36(40)38-47(43,44)35-21-11-29(12-22-35)26-39(23-24-45-33-5-3-2-4-6-33)25-28-9-19-34(20-10-28)46(37,41)42/h2-6,9-12,15-22,30H,1,7-8,13-14,23-26H2,(H,38,40)(H2,37,41,42). The van der Waals surface area contributed by atoms with Crippen LogP contribution in [-0.2, 0) is 33.1 Å². The van der Waals surface area contributed by atoms with Crippen LogP contribution in [0.3, 0.4) is 0 Å². The third-order valence-electron chi connectivity index (χ3n) is 8.28. The van der Waals surface area contributed by atoms with Gasteiger partial charge in [-0.1, -0.05) is 66.7 Å². The van der Waals surface area contributed by atoms with Crippen molar-refractivity contribution in [1.29, 1.82) is 0 Å². The van der Waals surface area contributed by atoms with Crippen LogP contribution in [0.2, 0.25) is 0 Å². The molecular weight excluding hydrogens is 651 g/mol. The second-order valence-corrected chi connectivity index (χ2v) is 16.2. The van der Waals surface area contributed by atoms with Crippen molar-refractivity contribution in [3.05, 3.63) is 138 Å². The Morgan fingerprint density at radius 2 is 1.34 bits per heavy atom. The second-order valence-electron chi connectivity index (χ2n) is 11.8. The van der Waals surface area contributed by atoms with Gasteiger partial charge in [0.2, 0.25) is 10.0 Å². The maximum Gasteiger partial charge on any atom is 0.264 e. The minimum Gasteiger partial charge on any atom is -0.294 e. The van der Waals surface area contributed by atoms with E-state index in [0.29, 0.717) is 19.0 Å². The molecule has 1 aliphatic carbocycles. The Morgan fingerprint density at radius 3 is 1.89 bits per heavy atom. The van der Waals surface area contributed by atoms with Crippen molar-refractivity contribution >= 4 is 37.7 Å².